The smallest absolute Gasteiger partial charge is 0.315 e. The molecule has 0 spiro atoms. The third-order valence-corrected chi connectivity index (χ3v) is 3.19. The van der Waals surface area contributed by atoms with Crippen LogP contribution in [0.2, 0.25) is 0 Å². The second-order valence-corrected chi connectivity index (χ2v) is 4.61. The molecule has 1 aliphatic heterocycles. The van der Waals surface area contributed by atoms with E-state index in [1.54, 1.807) is 6.07 Å². The van der Waals surface area contributed by atoms with Crippen molar-refractivity contribution < 1.29 is 9.53 Å². The molecule has 0 bridgehead atoms. The lowest BCUT2D eigenvalue weighted by atomic mass is 10.1. The molecule has 2 heteroatoms. The van der Waals surface area contributed by atoms with E-state index < -0.39 is 0 Å². The first-order valence-corrected chi connectivity index (χ1v) is 6.55. The van der Waals surface area contributed by atoms with Gasteiger partial charge in [0.15, 0.2) is 0 Å². The van der Waals surface area contributed by atoms with Gasteiger partial charge >= 0.3 is 5.97 Å². The summed E-state index contributed by atoms with van der Waals surface area (Å²) in [7, 11) is 0. The summed E-state index contributed by atoms with van der Waals surface area (Å²) >= 11 is 0. The second-order valence-electron chi connectivity index (χ2n) is 4.61. The zero-order valence-corrected chi connectivity index (χ0v) is 11.0. The minimum atomic E-state index is -0.152. The topological polar surface area (TPSA) is 26.3 Å². The Hall–Kier alpha value is -2.61. The van der Waals surface area contributed by atoms with Crippen molar-refractivity contribution in [3.05, 3.63) is 78.4 Å². The Balaban J connectivity index is 0.000000121. The molecule has 3 aromatic carbocycles. The maximum absolute atomic E-state index is 10.7. The number of benzene rings is 3. The highest BCUT2D eigenvalue weighted by molar-refractivity contribution is 5.82. The van der Waals surface area contributed by atoms with Crippen molar-refractivity contribution in [2.45, 2.75) is 6.42 Å². The number of carbonyl (C=O) groups excluding carboxylic acids is 1. The van der Waals surface area contributed by atoms with Gasteiger partial charge in [0.25, 0.3) is 0 Å². The van der Waals surface area contributed by atoms with Crippen LogP contribution in [-0.4, -0.2) is 5.97 Å². The number of carbonyl (C=O) groups is 1. The number of ether oxygens (including phenoxy) is 1. The lowest BCUT2D eigenvalue weighted by Crippen LogP contribution is -1.99. The monoisotopic (exact) mass is 262 g/mol. The molecule has 0 aromatic heterocycles. The molecule has 3 aromatic rings. The fourth-order valence-corrected chi connectivity index (χ4v) is 2.20. The van der Waals surface area contributed by atoms with Crippen LogP contribution >= 0.6 is 0 Å². The van der Waals surface area contributed by atoms with E-state index in [2.05, 4.69) is 48.5 Å². The van der Waals surface area contributed by atoms with Crippen LogP contribution in [-0.2, 0) is 11.2 Å². The summed E-state index contributed by atoms with van der Waals surface area (Å²) in [6.07, 6.45) is 0.427. The maximum Gasteiger partial charge on any atom is 0.315 e. The third-order valence-electron chi connectivity index (χ3n) is 3.19. The average Bonchev–Trinajstić information content (AvgIpc) is 2.88. The van der Waals surface area contributed by atoms with Gasteiger partial charge in [0.05, 0.1) is 6.42 Å². The van der Waals surface area contributed by atoms with Crippen molar-refractivity contribution in [3.8, 4) is 5.75 Å². The minimum absolute atomic E-state index is 0.152. The molecule has 0 aliphatic carbocycles. The molecule has 1 heterocycles. The highest BCUT2D eigenvalue weighted by Gasteiger charge is 2.18. The summed E-state index contributed by atoms with van der Waals surface area (Å²) in [6.45, 7) is 0. The fourth-order valence-electron chi connectivity index (χ4n) is 2.20. The molecular formula is C18H14O2. The van der Waals surface area contributed by atoms with Crippen molar-refractivity contribution in [2.24, 2.45) is 0 Å². The quantitative estimate of drug-likeness (QED) is 0.452. The average molecular weight is 262 g/mol. The van der Waals surface area contributed by atoms with Gasteiger partial charge in [-0.1, -0.05) is 66.7 Å². The predicted molar refractivity (Wildman–Crippen MR) is 79.7 cm³/mol. The Morgan fingerprint density at radius 1 is 0.700 bits per heavy atom. The van der Waals surface area contributed by atoms with Crippen LogP contribution in [0.15, 0.2) is 72.8 Å². The molecule has 0 atom stereocenters. The fraction of sp³-hybridized carbons (Fsp3) is 0.0556. The normalized spacial score (nSPS) is 12.3. The van der Waals surface area contributed by atoms with Gasteiger partial charge < -0.3 is 4.74 Å². The second kappa shape index (κ2) is 5.57. The standard InChI is InChI=1S/C10H8.C8H6O2/c1-2-6-10-8-4-3-7-9(10)5-1;9-8-5-6-3-1-2-4-7(6)10-8/h1-8H;1-4H,5H2. The van der Waals surface area contributed by atoms with Crippen molar-refractivity contribution in [1.29, 1.82) is 0 Å². The predicted octanol–water partition coefficient (Wildman–Crippen LogP) is 3.99. The molecule has 98 valence electrons. The molecule has 0 radical (unpaired) electrons. The van der Waals surface area contributed by atoms with Gasteiger partial charge in [-0.15, -0.1) is 0 Å². The first-order valence-electron chi connectivity index (χ1n) is 6.55. The summed E-state index contributed by atoms with van der Waals surface area (Å²) < 4.78 is 4.87. The van der Waals surface area contributed by atoms with Crippen molar-refractivity contribution in [3.63, 3.8) is 0 Å². The highest BCUT2D eigenvalue weighted by Crippen LogP contribution is 2.24. The number of hydrogen-bond acceptors (Lipinski definition) is 2. The van der Waals surface area contributed by atoms with Crippen molar-refractivity contribution in [1.82, 2.24) is 0 Å². The van der Waals surface area contributed by atoms with E-state index in [1.165, 1.54) is 10.8 Å². The lowest BCUT2D eigenvalue weighted by Gasteiger charge is -1.92. The van der Waals surface area contributed by atoms with Gasteiger partial charge in [0.2, 0.25) is 0 Å². The van der Waals surface area contributed by atoms with Crippen LogP contribution in [0.5, 0.6) is 5.75 Å². The van der Waals surface area contributed by atoms with Gasteiger partial charge in [-0.3, -0.25) is 4.79 Å². The van der Waals surface area contributed by atoms with Gasteiger partial charge in [-0.05, 0) is 16.8 Å². The van der Waals surface area contributed by atoms with E-state index in [1.807, 2.05) is 18.2 Å². The first-order chi connectivity index (χ1) is 9.83. The molecule has 0 amide bonds. The van der Waals surface area contributed by atoms with Gasteiger partial charge in [0.1, 0.15) is 5.75 Å². The van der Waals surface area contributed by atoms with Crippen LogP contribution in [0.3, 0.4) is 0 Å². The first kappa shape index (κ1) is 12.4. The summed E-state index contributed by atoms with van der Waals surface area (Å²) in [5, 5.41) is 2.62. The van der Waals surface area contributed by atoms with Gasteiger partial charge in [0, 0.05) is 5.56 Å². The molecule has 20 heavy (non-hydrogen) atoms. The van der Waals surface area contributed by atoms with E-state index in [0.717, 1.165) is 5.56 Å². The Labute approximate surface area is 117 Å². The van der Waals surface area contributed by atoms with Crippen LogP contribution in [0.1, 0.15) is 5.56 Å². The SMILES string of the molecule is O=C1Cc2ccccc2O1.c1ccc2ccccc2c1. The zero-order chi connectivity index (χ0) is 13.8. The third kappa shape index (κ3) is 2.69. The van der Waals surface area contributed by atoms with Crippen molar-refractivity contribution >= 4 is 16.7 Å². The summed E-state index contributed by atoms with van der Waals surface area (Å²) in [6, 6.07) is 24.2. The maximum atomic E-state index is 10.7. The number of para-hydroxylation sites is 1. The van der Waals surface area contributed by atoms with E-state index in [9.17, 15) is 4.79 Å². The summed E-state index contributed by atoms with van der Waals surface area (Å²) in [5.41, 5.74) is 0.993. The van der Waals surface area contributed by atoms with Crippen LogP contribution < -0.4 is 4.74 Å². The summed E-state index contributed by atoms with van der Waals surface area (Å²) in [4.78, 5) is 10.7. The minimum Gasteiger partial charge on any atom is -0.426 e. The molecule has 1 aliphatic rings. The Morgan fingerprint density at radius 3 is 1.75 bits per heavy atom. The van der Waals surface area contributed by atoms with E-state index in [4.69, 9.17) is 4.74 Å². The van der Waals surface area contributed by atoms with Crippen molar-refractivity contribution in [2.75, 3.05) is 0 Å². The molecule has 0 N–H and O–H groups in total. The number of rotatable bonds is 0. The van der Waals surface area contributed by atoms with Crippen LogP contribution in [0.4, 0.5) is 0 Å². The summed E-state index contributed by atoms with van der Waals surface area (Å²) in [5.74, 6) is 0.564. The Morgan fingerprint density at radius 2 is 1.20 bits per heavy atom. The van der Waals surface area contributed by atoms with Gasteiger partial charge in [-0.25, -0.2) is 0 Å². The van der Waals surface area contributed by atoms with E-state index in [-0.39, 0.29) is 5.97 Å². The molecule has 2 nitrogen and oxygen atoms in total. The molecular weight excluding hydrogens is 248 g/mol. The lowest BCUT2D eigenvalue weighted by molar-refractivity contribution is -0.131. The molecule has 0 unspecified atom stereocenters. The largest absolute Gasteiger partial charge is 0.426 e. The zero-order valence-electron chi connectivity index (χ0n) is 11.0. The van der Waals surface area contributed by atoms with Crippen LogP contribution in [0.25, 0.3) is 10.8 Å². The highest BCUT2D eigenvalue weighted by atomic mass is 16.5. The number of esters is 1. The molecule has 0 fully saturated rings. The van der Waals surface area contributed by atoms with E-state index in [0.29, 0.717) is 12.2 Å². The number of hydrogen-bond donors (Lipinski definition) is 0. The number of fused-ring (bicyclic) bond motifs is 2. The molecule has 0 saturated heterocycles. The Kier molecular flexibility index (Phi) is 3.46. The Bertz CT molecular complexity index is 655. The molecule has 4 rings (SSSR count). The van der Waals surface area contributed by atoms with Gasteiger partial charge in [-0.2, -0.15) is 0 Å². The van der Waals surface area contributed by atoms with Crippen LogP contribution in [0, 0.1) is 0 Å². The van der Waals surface area contributed by atoms with E-state index >= 15 is 0 Å². The molecule has 0 saturated carbocycles.